The summed E-state index contributed by atoms with van der Waals surface area (Å²) in [4.78, 5) is 27.1. The standard InChI is InChI=1S/C26H31Cl2N4O8P/c1-14(2)38-23(34)15(3)31-41(36,40-19-11-7-9-16-8-5-6-10-17(16)19)37-13-20-21(33)26(4,28)24(39-20)32-12-18(27)22(29)30-25(32)35/h5-12,14-15,20-21,24,33H,13H2,1-4H3,(H,31,36)(H2,29,30,35)/t15-,20-,21-,24-,26-,41+/m1/s1. The summed E-state index contributed by atoms with van der Waals surface area (Å²) in [6.07, 6.45) is -3.05. The normalized spacial score (nSPS) is 24.7. The minimum absolute atomic E-state index is 0.0192. The van der Waals surface area contributed by atoms with E-state index >= 15 is 0 Å². The third-order valence-electron chi connectivity index (χ3n) is 6.34. The van der Waals surface area contributed by atoms with Gasteiger partial charge >= 0.3 is 19.4 Å². The SMILES string of the molecule is CC(C)OC(=O)[C@@H](C)N[P@](=O)(OC[C@H]1O[C@@H](n2cc(Cl)c(N)nc2=O)[C@](C)(Cl)[C@@H]1O)Oc1cccc2ccccc12. The number of carbonyl (C=O) groups excluding carboxylic acids is 1. The fourth-order valence-electron chi connectivity index (χ4n) is 4.27. The van der Waals surface area contributed by atoms with E-state index in [1.165, 1.54) is 20.0 Å². The van der Waals surface area contributed by atoms with E-state index in [9.17, 15) is 19.3 Å². The molecule has 0 radical (unpaired) electrons. The number of nitrogens with two attached hydrogens (primary N) is 1. The summed E-state index contributed by atoms with van der Waals surface area (Å²) in [5, 5.41) is 15.1. The van der Waals surface area contributed by atoms with Crippen molar-refractivity contribution in [3.63, 3.8) is 0 Å². The summed E-state index contributed by atoms with van der Waals surface area (Å²) < 4.78 is 37.9. The Bertz CT molecular complexity index is 1530. The number of rotatable bonds is 10. The smallest absolute Gasteiger partial charge is 0.459 e. The van der Waals surface area contributed by atoms with Gasteiger partial charge in [0.1, 0.15) is 34.7 Å². The molecular formula is C26H31Cl2N4O8P. The molecule has 15 heteroatoms. The van der Waals surface area contributed by atoms with E-state index in [0.29, 0.717) is 5.39 Å². The number of ether oxygens (including phenoxy) is 2. The molecule has 12 nitrogen and oxygen atoms in total. The van der Waals surface area contributed by atoms with E-state index in [1.54, 1.807) is 38.1 Å². The van der Waals surface area contributed by atoms with Gasteiger partial charge in [0.25, 0.3) is 0 Å². The molecule has 1 fully saturated rings. The van der Waals surface area contributed by atoms with Gasteiger partial charge in [-0.3, -0.25) is 13.9 Å². The van der Waals surface area contributed by atoms with Gasteiger partial charge in [-0.15, -0.1) is 11.6 Å². The van der Waals surface area contributed by atoms with Crippen LogP contribution in [0, 0.1) is 0 Å². The van der Waals surface area contributed by atoms with Gasteiger partial charge in [0.2, 0.25) is 0 Å². The lowest BCUT2D eigenvalue weighted by atomic mass is 10.0. The monoisotopic (exact) mass is 628 g/mol. The highest BCUT2D eigenvalue weighted by Crippen LogP contribution is 2.49. The van der Waals surface area contributed by atoms with Gasteiger partial charge in [-0.05, 0) is 39.1 Å². The first-order valence-corrected chi connectivity index (χ1v) is 15.0. The van der Waals surface area contributed by atoms with Crippen LogP contribution in [-0.2, 0) is 23.4 Å². The highest BCUT2D eigenvalue weighted by atomic mass is 35.5. The molecule has 0 saturated carbocycles. The Morgan fingerprint density at radius 3 is 2.66 bits per heavy atom. The van der Waals surface area contributed by atoms with E-state index in [1.807, 2.05) is 18.2 Å². The number of benzene rings is 2. The quantitative estimate of drug-likeness (QED) is 0.169. The maximum atomic E-state index is 14.1. The zero-order valence-electron chi connectivity index (χ0n) is 22.7. The molecule has 1 aromatic heterocycles. The van der Waals surface area contributed by atoms with Crippen LogP contribution in [0.15, 0.2) is 53.5 Å². The average molecular weight is 629 g/mol. The van der Waals surface area contributed by atoms with E-state index in [0.717, 1.165) is 9.95 Å². The van der Waals surface area contributed by atoms with Crippen molar-refractivity contribution in [3.8, 4) is 5.75 Å². The summed E-state index contributed by atoms with van der Waals surface area (Å²) in [5.41, 5.74) is 4.80. The lowest BCUT2D eigenvalue weighted by Crippen LogP contribution is -2.42. The van der Waals surface area contributed by atoms with Crippen LogP contribution in [0.3, 0.4) is 0 Å². The van der Waals surface area contributed by atoms with Crippen molar-refractivity contribution in [2.45, 2.75) is 63.2 Å². The van der Waals surface area contributed by atoms with Crippen LogP contribution in [-0.4, -0.2) is 56.5 Å². The maximum absolute atomic E-state index is 14.1. The number of esters is 1. The number of nitrogens with zero attached hydrogens (tertiary/aromatic N) is 2. The van der Waals surface area contributed by atoms with Crippen LogP contribution >= 0.6 is 30.9 Å². The molecule has 2 heterocycles. The molecule has 4 rings (SSSR count). The topological polar surface area (TPSA) is 164 Å². The molecule has 0 bridgehead atoms. The minimum Gasteiger partial charge on any atom is -0.462 e. The zero-order valence-corrected chi connectivity index (χ0v) is 25.1. The lowest BCUT2D eigenvalue weighted by molar-refractivity contribution is -0.149. The fraction of sp³-hybridized carbons (Fsp3) is 0.423. The van der Waals surface area contributed by atoms with Crippen molar-refractivity contribution in [2.24, 2.45) is 0 Å². The van der Waals surface area contributed by atoms with E-state index in [2.05, 4.69) is 10.1 Å². The lowest BCUT2D eigenvalue weighted by Gasteiger charge is -2.27. The molecule has 0 spiro atoms. The van der Waals surface area contributed by atoms with Crippen molar-refractivity contribution in [1.82, 2.24) is 14.6 Å². The highest BCUT2D eigenvalue weighted by molar-refractivity contribution is 7.52. The number of hydrogen-bond acceptors (Lipinski definition) is 10. The van der Waals surface area contributed by atoms with E-state index in [4.69, 9.17) is 47.5 Å². The van der Waals surface area contributed by atoms with Crippen LogP contribution in [0.4, 0.5) is 5.82 Å². The number of anilines is 1. The highest BCUT2D eigenvalue weighted by Gasteiger charge is 2.54. The van der Waals surface area contributed by atoms with Crippen LogP contribution in [0.1, 0.15) is 33.9 Å². The summed E-state index contributed by atoms with van der Waals surface area (Å²) in [6, 6.07) is 11.4. The van der Waals surface area contributed by atoms with Crippen LogP contribution < -0.4 is 21.0 Å². The molecule has 41 heavy (non-hydrogen) atoms. The number of aliphatic hydroxyl groups is 1. The molecule has 222 valence electrons. The van der Waals surface area contributed by atoms with Crippen LogP contribution in [0.5, 0.6) is 5.75 Å². The average Bonchev–Trinajstić information content (AvgIpc) is 3.13. The first kappa shape index (κ1) is 31.2. The Hall–Kier alpha value is -2.70. The largest absolute Gasteiger partial charge is 0.462 e. The van der Waals surface area contributed by atoms with Crippen molar-refractivity contribution in [1.29, 1.82) is 0 Å². The number of nitrogens with one attached hydrogen (secondary N) is 1. The van der Waals surface area contributed by atoms with Gasteiger partial charge in [-0.2, -0.15) is 10.1 Å². The van der Waals surface area contributed by atoms with E-state index < -0.39 is 61.5 Å². The summed E-state index contributed by atoms with van der Waals surface area (Å²) in [6.45, 7) is 5.76. The third kappa shape index (κ3) is 6.86. The number of hydrogen-bond donors (Lipinski definition) is 3. The summed E-state index contributed by atoms with van der Waals surface area (Å²) in [7, 11) is -4.34. The zero-order chi connectivity index (χ0) is 30.1. The molecule has 2 aromatic carbocycles. The Labute approximate surface area is 246 Å². The second-order valence-corrected chi connectivity index (χ2v) is 12.9. The predicted molar refractivity (Wildman–Crippen MR) is 154 cm³/mol. The van der Waals surface area contributed by atoms with Gasteiger partial charge in [0.05, 0.1) is 17.7 Å². The van der Waals surface area contributed by atoms with Gasteiger partial charge in [0.15, 0.2) is 6.23 Å². The van der Waals surface area contributed by atoms with Crippen LogP contribution in [0.25, 0.3) is 10.8 Å². The minimum atomic E-state index is -4.34. The van der Waals surface area contributed by atoms with Crippen molar-refractivity contribution in [3.05, 3.63) is 64.2 Å². The van der Waals surface area contributed by atoms with E-state index in [-0.39, 0.29) is 16.6 Å². The van der Waals surface area contributed by atoms with Crippen molar-refractivity contribution in [2.75, 3.05) is 12.3 Å². The Morgan fingerprint density at radius 1 is 1.27 bits per heavy atom. The number of alkyl halides is 1. The second-order valence-electron chi connectivity index (χ2n) is 9.99. The third-order valence-corrected chi connectivity index (χ3v) is 8.67. The number of nitrogen functional groups attached to an aromatic ring is 1. The number of aromatic nitrogens is 2. The first-order valence-electron chi connectivity index (χ1n) is 12.7. The number of halogens is 2. The van der Waals surface area contributed by atoms with Crippen molar-refractivity contribution < 1.29 is 33.0 Å². The summed E-state index contributed by atoms with van der Waals surface area (Å²) in [5.74, 6) is -0.626. The second kappa shape index (κ2) is 12.3. The number of carbonyl (C=O) groups is 1. The fourth-order valence-corrected chi connectivity index (χ4v) is 6.23. The predicted octanol–water partition coefficient (Wildman–Crippen LogP) is 4.02. The van der Waals surface area contributed by atoms with Gasteiger partial charge in [-0.25, -0.2) is 9.36 Å². The molecule has 3 aromatic rings. The molecule has 0 unspecified atom stereocenters. The van der Waals surface area contributed by atoms with Gasteiger partial charge in [-0.1, -0.05) is 48.0 Å². The first-order chi connectivity index (χ1) is 19.2. The Morgan fingerprint density at radius 2 is 1.95 bits per heavy atom. The number of aliphatic hydroxyl groups excluding tert-OH is 1. The molecule has 4 N–H and O–H groups in total. The molecule has 1 aliphatic rings. The molecule has 6 atom stereocenters. The maximum Gasteiger partial charge on any atom is 0.459 e. The van der Waals surface area contributed by atoms with Crippen molar-refractivity contribution >= 4 is 53.5 Å². The van der Waals surface area contributed by atoms with Gasteiger partial charge in [0, 0.05) is 11.6 Å². The molecule has 0 aliphatic carbocycles. The molecular weight excluding hydrogens is 598 g/mol. The summed E-state index contributed by atoms with van der Waals surface area (Å²) >= 11 is 12.7. The van der Waals surface area contributed by atoms with Crippen LogP contribution in [0.2, 0.25) is 5.02 Å². The molecule has 1 aliphatic heterocycles. The Balaban J connectivity index is 1.60. The van der Waals surface area contributed by atoms with Gasteiger partial charge < -0.3 is 24.8 Å². The molecule has 1 saturated heterocycles. The Kier molecular flexibility index (Phi) is 9.35. The number of fused-ring (bicyclic) bond motifs is 1. The molecule has 0 amide bonds.